The lowest BCUT2D eigenvalue weighted by atomic mass is 9.91. The smallest absolute Gasteiger partial charge is 0.0910 e. The summed E-state index contributed by atoms with van der Waals surface area (Å²) >= 11 is 6.02. The van der Waals surface area contributed by atoms with Crippen molar-refractivity contribution in [2.24, 2.45) is 5.92 Å². The first kappa shape index (κ1) is 9.04. The van der Waals surface area contributed by atoms with Crippen LogP contribution < -0.4 is 0 Å². The van der Waals surface area contributed by atoms with E-state index in [1.165, 1.54) is 0 Å². The highest BCUT2D eigenvalue weighted by Crippen LogP contribution is 2.46. The molecule has 0 bridgehead atoms. The predicted molar refractivity (Wildman–Crippen MR) is 53.7 cm³/mol. The lowest BCUT2D eigenvalue weighted by molar-refractivity contribution is 0.0332. The Kier molecular flexibility index (Phi) is 2.09. The first-order chi connectivity index (χ1) is 6.12. The maximum absolute atomic E-state index is 10.2. The topological polar surface area (TPSA) is 20.2 Å². The largest absolute Gasteiger partial charge is 0.385 e. The minimum absolute atomic E-state index is 0.396. The number of benzene rings is 1. The second-order valence-corrected chi connectivity index (χ2v) is 4.31. The Morgan fingerprint density at radius 2 is 2.00 bits per heavy atom. The number of halogens is 1. The molecule has 13 heavy (non-hydrogen) atoms. The van der Waals surface area contributed by atoms with Crippen LogP contribution in [-0.2, 0) is 5.60 Å². The number of aliphatic hydroxyl groups is 1. The minimum Gasteiger partial charge on any atom is -0.385 e. The Bertz CT molecular complexity index is 316. The maximum atomic E-state index is 10.2. The summed E-state index contributed by atoms with van der Waals surface area (Å²) in [6.07, 6.45) is 2.22. The van der Waals surface area contributed by atoms with E-state index < -0.39 is 5.60 Å². The molecule has 2 rings (SSSR count). The molecular weight excluding hydrogens is 184 g/mol. The van der Waals surface area contributed by atoms with E-state index in [9.17, 15) is 5.11 Å². The normalized spacial score (nSPS) is 21.2. The van der Waals surface area contributed by atoms with Crippen LogP contribution in [0.2, 0.25) is 5.02 Å². The number of hydrogen-bond donors (Lipinski definition) is 1. The van der Waals surface area contributed by atoms with Gasteiger partial charge in [-0.1, -0.05) is 29.8 Å². The molecule has 2 heteroatoms. The molecule has 1 aliphatic carbocycles. The quantitative estimate of drug-likeness (QED) is 0.771. The van der Waals surface area contributed by atoms with E-state index in [2.05, 4.69) is 0 Å². The third-order valence-corrected chi connectivity index (χ3v) is 3.12. The summed E-state index contributed by atoms with van der Waals surface area (Å²) in [5.74, 6) is 0.396. The van der Waals surface area contributed by atoms with Crippen LogP contribution in [-0.4, -0.2) is 5.11 Å². The number of rotatable bonds is 2. The first-order valence-electron chi connectivity index (χ1n) is 4.60. The van der Waals surface area contributed by atoms with Crippen molar-refractivity contribution >= 4 is 11.6 Å². The van der Waals surface area contributed by atoms with Crippen molar-refractivity contribution in [2.45, 2.75) is 25.4 Å². The molecular formula is C11H13ClO. The number of hydrogen-bond acceptors (Lipinski definition) is 1. The van der Waals surface area contributed by atoms with Crippen LogP contribution in [0.25, 0.3) is 0 Å². The van der Waals surface area contributed by atoms with E-state index in [4.69, 9.17) is 11.6 Å². The average molecular weight is 197 g/mol. The Morgan fingerprint density at radius 3 is 2.54 bits per heavy atom. The minimum atomic E-state index is -0.738. The van der Waals surface area contributed by atoms with Crippen molar-refractivity contribution in [3.8, 4) is 0 Å². The summed E-state index contributed by atoms with van der Waals surface area (Å²) < 4.78 is 0. The Labute approximate surface area is 83.3 Å². The summed E-state index contributed by atoms with van der Waals surface area (Å²) in [6.45, 7) is 1.85. The molecule has 0 amide bonds. The van der Waals surface area contributed by atoms with E-state index >= 15 is 0 Å². The molecule has 1 atom stereocenters. The van der Waals surface area contributed by atoms with Gasteiger partial charge < -0.3 is 5.11 Å². The molecule has 70 valence electrons. The van der Waals surface area contributed by atoms with Crippen LogP contribution >= 0.6 is 11.6 Å². The standard InChI is InChI=1S/C11H13ClO/c1-11(13,8-6-7-8)9-4-2-3-5-10(9)12/h2-5,8,13H,6-7H2,1H3. The third-order valence-electron chi connectivity index (χ3n) is 2.79. The van der Waals surface area contributed by atoms with Crippen molar-refractivity contribution in [1.82, 2.24) is 0 Å². The van der Waals surface area contributed by atoms with Crippen molar-refractivity contribution in [3.63, 3.8) is 0 Å². The van der Waals surface area contributed by atoms with Gasteiger partial charge in [-0.25, -0.2) is 0 Å². The van der Waals surface area contributed by atoms with Crippen LogP contribution in [0, 0.1) is 5.92 Å². The second-order valence-electron chi connectivity index (χ2n) is 3.90. The fourth-order valence-corrected chi connectivity index (χ4v) is 2.06. The van der Waals surface area contributed by atoms with Gasteiger partial charge in [-0.3, -0.25) is 0 Å². The fraction of sp³-hybridized carbons (Fsp3) is 0.455. The maximum Gasteiger partial charge on any atom is 0.0910 e. The highest BCUT2D eigenvalue weighted by molar-refractivity contribution is 6.31. The van der Waals surface area contributed by atoms with Gasteiger partial charge in [0.25, 0.3) is 0 Å². The van der Waals surface area contributed by atoms with Gasteiger partial charge in [0, 0.05) is 10.6 Å². The van der Waals surface area contributed by atoms with Crippen molar-refractivity contribution < 1.29 is 5.11 Å². The van der Waals surface area contributed by atoms with Crippen molar-refractivity contribution in [2.75, 3.05) is 0 Å². The van der Waals surface area contributed by atoms with Gasteiger partial charge in [-0.15, -0.1) is 0 Å². The van der Waals surface area contributed by atoms with E-state index in [1.54, 1.807) is 0 Å². The van der Waals surface area contributed by atoms with Gasteiger partial charge >= 0.3 is 0 Å². The zero-order chi connectivity index (χ0) is 9.47. The highest BCUT2D eigenvalue weighted by atomic mass is 35.5. The lowest BCUT2D eigenvalue weighted by Crippen LogP contribution is -2.24. The molecule has 1 nitrogen and oxygen atoms in total. The molecule has 0 aliphatic heterocycles. The molecule has 1 aromatic carbocycles. The van der Waals surface area contributed by atoms with E-state index in [0.29, 0.717) is 10.9 Å². The summed E-state index contributed by atoms with van der Waals surface area (Å²) in [5, 5.41) is 10.9. The van der Waals surface area contributed by atoms with Crippen LogP contribution in [0.15, 0.2) is 24.3 Å². The van der Waals surface area contributed by atoms with Gasteiger partial charge in [-0.2, -0.15) is 0 Å². The van der Waals surface area contributed by atoms with Crippen LogP contribution in [0.3, 0.4) is 0 Å². The van der Waals surface area contributed by atoms with E-state index in [0.717, 1.165) is 18.4 Å². The predicted octanol–water partition coefficient (Wildman–Crippen LogP) is 2.96. The summed E-state index contributed by atoms with van der Waals surface area (Å²) in [5.41, 5.74) is 0.123. The van der Waals surface area contributed by atoms with Gasteiger partial charge in [0.1, 0.15) is 0 Å². The Morgan fingerprint density at radius 1 is 1.38 bits per heavy atom. The second kappa shape index (κ2) is 3.00. The SMILES string of the molecule is CC(O)(c1ccccc1Cl)C1CC1. The fourth-order valence-electron chi connectivity index (χ4n) is 1.74. The van der Waals surface area contributed by atoms with E-state index in [1.807, 2.05) is 31.2 Å². The summed E-state index contributed by atoms with van der Waals surface area (Å²) in [4.78, 5) is 0. The van der Waals surface area contributed by atoms with Crippen molar-refractivity contribution in [3.05, 3.63) is 34.9 Å². The molecule has 1 aromatic rings. The summed E-state index contributed by atoms with van der Waals surface area (Å²) in [7, 11) is 0. The van der Waals surface area contributed by atoms with Crippen LogP contribution in [0.1, 0.15) is 25.3 Å². The zero-order valence-electron chi connectivity index (χ0n) is 7.63. The average Bonchev–Trinajstić information content (AvgIpc) is 2.86. The van der Waals surface area contributed by atoms with Crippen LogP contribution in [0.4, 0.5) is 0 Å². The van der Waals surface area contributed by atoms with E-state index in [-0.39, 0.29) is 0 Å². The monoisotopic (exact) mass is 196 g/mol. The molecule has 1 unspecified atom stereocenters. The van der Waals surface area contributed by atoms with Gasteiger partial charge in [0.2, 0.25) is 0 Å². The molecule has 1 fully saturated rings. The Balaban J connectivity index is 2.38. The molecule has 1 saturated carbocycles. The lowest BCUT2D eigenvalue weighted by Gasteiger charge is -2.24. The molecule has 0 spiro atoms. The van der Waals surface area contributed by atoms with Crippen molar-refractivity contribution in [1.29, 1.82) is 0 Å². The van der Waals surface area contributed by atoms with Gasteiger partial charge in [0.05, 0.1) is 5.60 Å². The van der Waals surface area contributed by atoms with Gasteiger partial charge in [-0.05, 0) is 31.7 Å². The zero-order valence-corrected chi connectivity index (χ0v) is 8.38. The first-order valence-corrected chi connectivity index (χ1v) is 4.97. The third kappa shape index (κ3) is 1.59. The van der Waals surface area contributed by atoms with Crippen LogP contribution in [0.5, 0.6) is 0 Å². The molecule has 0 saturated heterocycles. The van der Waals surface area contributed by atoms with Gasteiger partial charge in [0.15, 0.2) is 0 Å². The molecule has 1 aliphatic rings. The highest BCUT2D eigenvalue weighted by Gasteiger charge is 2.42. The summed E-state index contributed by atoms with van der Waals surface area (Å²) in [6, 6.07) is 7.53. The molecule has 0 heterocycles. The molecule has 0 radical (unpaired) electrons. The molecule has 0 aromatic heterocycles. The Hall–Kier alpha value is -0.530. The molecule has 1 N–H and O–H groups in total.